The van der Waals surface area contributed by atoms with Gasteiger partial charge in [0.15, 0.2) is 9.84 Å². The molecule has 1 aromatic rings. The molecule has 2 N–H and O–H groups in total. The molecule has 6 nitrogen and oxygen atoms in total. The maximum absolute atomic E-state index is 12.4. The van der Waals surface area contributed by atoms with E-state index in [-0.39, 0.29) is 21.4 Å². The molecule has 9 heteroatoms. The van der Waals surface area contributed by atoms with Crippen LogP contribution in [-0.2, 0) is 19.9 Å². The summed E-state index contributed by atoms with van der Waals surface area (Å²) in [5, 5.41) is 9.28. The van der Waals surface area contributed by atoms with E-state index in [9.17, 15) is 21.9 Å². The highest BCUT2D eigenvalue weighted by Crippen LogP contribution is 2.34. The quantitative estimate of drug-likeness (QED) is 0.820. The van der Waals surface area contributed by atoms with Gasteiger partial charge in [0, 0.05) is 6.26 Å². The van der Waals surface area contributed by atoms with Crippen molar-refractivity contribution in [3.8, 4) is 0 Å². The van der Waals surface area contributed by atoms with E-state index in [1.165, 1.54) is 12.1 Å². The zero-order valence-electron chi connectivity index (χ0n) is 11.3. The average Bonchev–Trinajstić information content (AvgIpc) is 2.32. The molecule has 0 aliphatic heterocycles. The van der Waals surface area contributed by atoms with Gasteiger partial charge in [-0.2, -0.15) is 0 Å². The van der Waals surface area contributed by atoms with E-state index in [2.05, 4.69) is 4.72 Å². The largest absolute Gasteiger partial charge is 0.394 e. The minimum atomic E-state index is -4.01. The van der Waals surface area contributed by atoms with Crippen molar-refractivity contribution >= 4 is 31.5 Å². The summed E-state index contributed by atoms with van der Waals surface area (Å²) in [7, 11) is -7.55. The molecule has 1 aromatic carbocycles. The fourth-order valence-corrected chi connectivity index (χ4v) is 4.86. The minimum absolute atomic E-state index is 0.0673. The first-order valence-electron chi connectivity index (χ1n) is 6.24. The lowest BCUT2D eigenvalue weighted by molar-refractivity contribution is 0.110. The maximum atomic E-state index is 12.4. The van der Waals surface area contributed by atoms with E-state index in [1.54, 1.807) is 0 Å². The normalized spacial score (nSPS) is 18.2. The molecule has 21 heavy (non-hydrogen) atoms. The summed E-state index contributed by atoms with van der Waals surface area (Å²) in [6.45, 7) is -0.310. The Morgan fingerprint density at radius 2 is 1.90 bits per heavy atom. The fraction of sp³-hybridized carbons (Fsp3) is 0.500. The lowest BCUT2D eigenvalue weighted by Gasteiger charge is -2.40. The highest BCUT2D eigenvalue weighted by Gasteiger charge is 2.40. The first kappa shape index (κ1) is 16.7. The van der Waals surface area contributed by atoms with Gasteiger partial charge >= 0.3 is 0 Å². The van der Waals surface area contributed by atoms with Crippen LogP contribution in [0.3, 0.4) is 0 Å². The van der Waals surface area contributed by atoms with Crippen LogP contribution >= 0.6 is 11.6 Å². The van der Waals surface area contributed by atoms with E-state index in [1.807, 2.05) is 0 Å². The molecule has 0 saturated heterocycles. The van der Waals surface area contributed by atoms with Crippen LogP contribution in [0.2, 0.25) is 5.02 Å². The van der Waals surface area contributed by atoms with Crippen LogP contribution in [0.25, 0.3) is 0 Å². The second-order valence-corrected chi connectivity index (χ2v) is 9.34. The number of aliphatic hydroxyl groups excluding tert-OH is 1. The summed E-state index contributed by atoms with van der Waals surface area (Å²) in [5.41, 5.74) is -0.872. The third-order valence-corrected chi connectivity index (χ3v) is 6.75. The molecule has 1 fully saturated rings. The van der Waals surface area contributed by atoms with Crippen LogP contribution in [0.15, 0.2) is 28.0 Å². The number of hydrogen-bond donors (Lipinski definition) is 2. The van der Waals surface area contributed by atoms with Gasteiger partial charge in [-0.15, -0.1) is 0 Å². The van der Waals surface area contributed by atoms with E-state index in [4.69, 9.17) is 11.6 Å². The second-order valence-electron chi connectivity index (χ2n) is 5.26. The first-order valence-corrected chi connectivity index (χ1v) is 9.99. The predicted octanol–water partition coefficient (Wildman–Crippen LogP) is 0.937. The van der Waals surface area contributed by atoms with E-state index in [0.717, 1.165) is 18.7 Å². The second kappa shape index (κ2) is 5.51. The number of aliphatic hydroxyl groups is 1. The van der Waals surface area contributed by atoms with Gasteiger partial charge in [-0.3, -0.25) is 0 Å². The maximum Gasteiger partial charge on any atom is 0.242 e. The first-order chi connectivity index (χ1) is 9.60. The molecule has 0 radical (unpaired) electrons. The van der Waals surface area contributed by atoms with Crippen molar-refractivity contribution in [1.29, 1.82) is 0 Å². The van der Waals surface area contributed by atoms with Crippen LogP contribution in [-0.4, -0.2) is 40.3 Å². The molecule has 118 valence electrons. The van der Waals surface area contributed by atoms with Gasteiger partial charge in [0.1, 0.15) is 4.90 Å². The van der Waals surface area contributed by atoms with E-state index in [0.29, 0.717) is 12.8 Å². The van der Waals surface area contributed by atoms with Crippen molar-refractivity contribution in [3.63, 3.8) is 0 Å². The van der Waals surface area contributed by atoms with E-state index < -0.39 is 25.4 Å². The topological polar surface area (TPSA) is 101 Å². The molecule has 0 heterocycles. The number of sulfone groups is 1. The Kier molecular flexibility index (Phi) is 4.38. The van der Waals surface area contributed by atoms with Crippen molar-refractivity contribution in [2.75, 3.05) is 12.9 Å². The summed E-state index contributed by atoms with van der Waals surface area (Å²) in [5.74, 6) is 0. The molecular weight excluding hydrogens is 338 g/mol. The molecule has 2 rings (SSSR count). The van der Waals surface area contributed by atoms with Crippen molar-refractivity contribution in [2.24, 2.45) is 0 Å². The number of benzene rings is 1. The van der Waals surface area contributed by atoms with Crippen molar-refractivity contribution < 1.29 is 21.9 Å². The Hall–Kier alpha value is -0.670. The van der Waals surface area contributed by atoms with Crippen molar-refractivity contribution in [1.82, 2.24) is 4.72 Å². The van der Waals surface area contributed by atoms with Gasteiger partial charge in [-0.1, -0.05) is 11.6 Å². The molecule has 0 bridgehead atoms. The number of halogens is 1. The third-order valence-electron chi connectivity index (χ3n) is 3.58. The smallest absolute Gasteiger partial charge is 0.242 e. The highest BCUT2D eigenvalue weighted by molar-refractivity contribution is 7.91. The summed E-state index contributed by atoms with van der Waals surface area (Å²) in [6, 6.07) is 3.52. The Morgan fingerprint density at radius 1 is 1.29 bits per heavy atom. The van der Waals surface area contributed by atoms with Gasteiger partial charge < -0.3 is 5.11 Å². The van der Waals surface area contributed by atoms with Gasteiger partial charge in [0.25, 0.3) is 0 Å². The summed E-state index contributed by atoms with van der Waals surface area (Å²) in [6.07, 6.45) is 2.87. The SMILES string of the molecule is CS(=O)(=O)c1ccc(Cl)c(S(=O)(=O)NC2(CO)CCC2)c1. The number of rotatable bonds is 5. The standard InChI is InChI=1S/C12H16ClNO5S2/c1-20(16,17)9-3-4-10(13)11(7-9)21(18,19)14-12(8-15)5-2-6-12/h3-4,7,14-15H,2,5-6,8H2,1H3. The Balaban J connectivity index is 2.45. The summed E-state index contributed by atoms with van der Waals surface area (Å²) >= 11 is 5.89. The molecule has 1 aliphatic rings. The lowest BCUT2D eigenvalue weighted by atomic mass is 9.78. The fourth-order valence-electron chi connectivity index (χ4n) is 2.16. The Morgan fingerprint density at radius 3 is 2.33 bits per heavy atom. The molecule has 0 amide bonds. The van der Waals surface area contributed by atoms with Crippen LogP contribution < -0.4 is 4.72 Å². The number of hydrogen-bond acceptors (Lipinski definition) is 5. The van der Waals surface area contributed by atoms with Crippen LogP contribution in [0.4, 0.5) is 0 Å². The van der Waals surface area contributed by atoms with E-state index >= 15 is 0 Å². The van der Waals surface area contributed by atoms with Gasteiger partial charge in [0.2, 0.25) is 10.0 Å². The Labute approximate surface area is 129 Å². The number of sulfonamides is 1. The average molecular weight is 354 g/mol. The number of nitrogens with one attached hydrogen (secondary N) is 1. The zero-order valence-corrected chi connectivity index (χ0v) is 13.7. The summed E-state index contributed by atoms with van der Waals surface area (Å²) in [4.78, 5) is -0.425. The predicted molar refractivity (Wildman–Crippen MR) is 78.6 cm³/mol. The molecule has 0 unspecified atom stereocenters. The minimum Gasteiger partial charge on any atom is -0.394 e. The van der Waals surface area contributed by atoms with Crippen LogP contribution in [0.1, 0.15) is 19.3 Å². The van der Waals surface area contributed by atoms with Crippen LogP contribution in [0.5, 0.6) is 0 Å². The summed E-state index contributed by atoms with van der Waals surface area (Å²) < 4.78 is 50.3. The Bertz CT molecular complexity index is 748. The van der Waals surface area contributed by atoms with Crippen LogP contribution in [0, 0.1) is 0 Å². The molecule has 1 saturated carbocycles. The molecule has 0 aromatic heterocycles. The highest BCUT2D eigenvalue weighted by atomic mass is 35.5. The molecule has 0 atom stereocenters. The molecule has 0 spiro atoms. The van der Waals surface area contributed by atoms with Crippen molar-refractivity contribution in [3.05, 3.63) is 23.2 Å². The van der Waals surface area contributed by atoms with Gasteiger partial charge in [0.05, 0.1) is 22.1 Å². The lowest BCUT2D eigenvalue weighted by Crippen LogP contribution is -2.56. The van der Waals surface area contributed by atoms with Gasteiger partial charge in [-0.05, 0) is 37.5 Å². The molecular formula is C12H16ClNO5S2. The zero-order chi connectivity index (χ0) is 15.9. The van der Waals surface area contributed by atoms with Gasteiger partial charge in [-0.25, -0.2) is 21.6 Å². The monoisotopic (exact) mass is 353 g/mol. The third kappa shape index (κ3) is 3.40. The molecule has 1 aliphatic carbocycles. The van der Waals surface area contributed by atoms with Crippen molar-refractivity contribution in [2.45, 2.75) is 34.6 Å².